The summed E-state index contributed by atoms with van der Waals surface area (Å²) in [7, 11) is 1.76. The van der Waals surface area contributed by atoms with Crippen LogP contribution in [0.25, 0.3) is 0 Å². The first-order valence-electron chi connectivity index (χ1n) is 6.37. The van der Waals surface area contributed by atoms with Gasteiger partial charge < -0.3 is 20.1 Å². The summed E-state index contributed by atoms with van der Waals surface area (Å²) in [6, 6.07) is 0. The highest BCUT2D eigenvalue weighted by molar-refractivity contribution is 5.94. The molecule has 1 aliphatic heterocycles. The van der Waals surface area contributed by atoms with Crippen molar-refractivity contribution in [2.45, 2.75) is 13.0 Å². The predicted molar refractivity (Wildman–Crippen MR) is 69.4 cm³/mol. The quantitative estimate of drug-likeness (QED) is 0.771. The molecule has 0 aliphatic carbocycles. The Hall–Kier alpha value is -1.89. The molecule has 1 fully saturated rings. The summed E-state index contributed by atoms with van der Waals surface area (Å²) in [6.07, 6.45) is 4.05. The van der Waals surface area contributed by atoms with Crippen molar-refractivity contribution >= 4 is 11.8 Å². The minimum Gasteiger partial charge on any atom is -0.344 e. The van der Waals surface area contributed by atoms with Crippen molar-refractivity contribution in [3.63, 3.8) is 0 Å². The Morgan fingerprint density at radius 3 is 3.00 bits per heavy atom. The molecule has 0 atom stereocenters. The third kappa shape index (κ3) is 3.11. The molecule has 7 heteroatoms. The maximum Gasteiger partial charge on any atom is 0.274 e. The topological polar surface area (TPSA) is 84.5 Å². The van der Waals surface area contributed by atoms with Crippen LogP contribution in [0.5, 0.6) is 0 Å². The van der Waals surface area contributed by atoms with Crippen LogP contribution in [0.2, 0.25) is 0 Å². The lowest BCUT2D eigenvalue weighted by molar-refractivity contribution is -0.129. The van der Waals surface area contributed by atoms with Crippen LogP contribution in [-0.4, -0.2) is 64.4 Å². The van der Waals surface area contributed by atoms with Crippen molar-refractivity contribution in [1.29, 1.82) is 0 Å². The molecule has 0 saturated carbocycles. The molecule has 2 N–H and O–H groups in total. The molecule has 1 saturated heterocycles. The van der Waals surface area contributed by atoms with Gasteiger partial charge in [0.05, 0.1) is 6.33 Å². The average Bonchev–Trinajstić information content (AvgIpc) is 2.78. The first kappa shape index (κ1) is 13.5. The predicted octanol–water partition coefficient (Wildman–Crippen LogP) is -0.854. The van der Waals surface area contributed by atoms with Crippen LogP contribution < -0.4 is 5.73 Å². The minimum absolute atomic E-state index is 0.0350. The van der Waals surface area contributed by atoms with Crippen LogP contribution in [0, 0.1) is 0 Å². The lowest BCUT2D eigenvalue weighted by Crippen LogP contribution is -2.38. The number of imidazole rings is 1. The van der Waals surface area contributed by atoms with E-state index in [1.165, 1.54) is 0 Å². The summed E-state index contributed by atoms with van der Waals surface area (Å²) >= 11 is 0. The number of nitrogens with zero attached hydrogens (tertiary/aromatic N) is 4. The van der Waals surface area contributed by atoms with Gasteiger partial charge in [-0.1, -0.05) is 0 Å². The average molecular weight is 265 g/mol. The Balaban J connectivity index is 2.07. The summed E-state index contributed by atoms with van der Waals surface area (Å²) in [5.74, 6) is -0.230. The maximum absolute atomic E-state index is 12.3. The summed E-state index contributed by atoms with van der Waals surface area (Å²) in [4.78, 5) is 31.3. The zero-order valence-corrected chi connectivity index (χ0v) is 11.1. The molecule has 0 aromatic carbocycles. The second-order valence-electron chi connectivity index (χ2n) is 4.68. The molecular formula is C12H19N5O2. The number of hydrogen-bond donors (Lipinski definition) is 1. The third-order valence-corrected chi connectivity index (χ3v) is 3.20. The molecule has 104 valence electrons. The van der Waals surface area contributed by atoms with Gasteiger partial charge in [0.15, 0.2) is 0 Å². The molecule has 1 aromatic heterocycles. The largest absolute Gasteiger partial charge is 0.344 e. The highest BCUT2D eigenvalue weighted by Crippen LogP contribution is 2.08. The SMILES string of the molecule is CN1CCCN(C(=O)c2cn(CCN)cn2)CC1=O. The fourth-order valence-electron chi connectivity index (χ4n) is 2.06. The number of likely N-dealkylation sites (N-methyl/N-ethyl adjacent to an activating group) is 1. The van der Waals surface area contributed by atoms with Gasteiger partial charge in [-0.3, -0.25) is 9.59 Å². The van der Waals surface area contributed by atoms with E-state index in [1.54, 1.807) is 33.9 Å². The Morgan fingerprint density at radius 1 is 1.47 bits per heavy atom. The van der Waals surface area contributed by atoms with E-state index in [2.05, 4.69) is 4.98 Å². The Bertz CT molecular complexity index is 470. The first-order chi connectivity index (χ1) is 9.11. The van der Waals surface area contributed by atoms with E-state index in [-0.39, 0.29) is 18.4 Å². The zero-order chi connectivity index (χ0) is 13.8. The Kier molecular flexibility index (Phi) is 4.16. The molecule has 2 heterocycles. The lowest BCUT2D eigenvalue weighted by Gasteiger charge is -2.18. The van der Waals surface area contributed by atoms with E-state index in [0.29, 0.717) is 31.9 Å². The molecule has 2 rings (SSSR count). The van der Waals surface area contributed by atoms with Crippen molar-refractivity contribution in [2.75, 3.05) is 33.2 Å². The van der Waals surface area contributed by atoms with Crippen LogP contribution in [-0.2, 0) is 11.3 Å². The van der Waals surface area contributed by atoms with E-state index in [0.717, 1.165) is 6.42 Å². The fourth-order valence-corrected chi connectivity index (χ4v) is 2.06. The summed E-state index contributed by atoms with van der Waals surface area (Å²) in [5, 5.41) is 0. The van der Waals surface area contributed by atoms with Gasteiger partial charge in [0.1, 0.15) is 12.2 Å². The van der Waals surface area contributed by atoms with Crippen molar-refractivity contribution < 1.29 is 9.59 Å². The molecular weight excluding hydrogens is 246 g/mol. The lowest BCUT2D eigenvalue weighted by atomic mass is 10.3. The van der Waals surface area contributed by atoms with Crippen molar-refractivity contribution in [2.24, 2.45) is 5.73 Å². The smallest absolute Gasteiger partial charge is 0.274 e. The number of rotatable bonds is 3. The third-order valence-electron chi connectivity index (χ3n) is 3.20. The van der Waals surface area contributed by atoms with Gasteiger partial charge in [-0.15, -0.1) is 0 Å². The van der Waals surface area contributed by atoms with Gasteiger partial charge in [0, 0.05) is 39.4 Å². The van der Waals surface area contributed by atoms with Crippen LogP contribution in [0.15, 0.2) is 12.5 Å². The molecule has 0 unspecified atom stereocenters. The van der Waals surface area contributed by atoms with E-state index in [9.17, 15) is 9.59 Å². The molecule has 1 aromatic rings. The van der Waals surface area contributed by atoms with E-state index >= 15 is 0 Å². The minimum atomic E-state index is -0.195. The van der Waals surface area contributed by atoms with Gasteiger partial charge in [0.2, 0.25) is 5.91 Å². The molecule has 19 heavy (non-hydrogen) atoms. The van der Waals surface area contributed by atoms with Crippen LogP contribution in [0.3, 0.4) is 0 Å². The van der Waals surface area contributed by atoms with Crippen molar-refractivity contribution in [3.05, 3.63) is 18.2 Å². The number of amides is 2. The monoisotopic (exact) mass is 265 g/mol. The maximum atomic E-state index is 12.3. The Morgan fingerprint density at radius 2 is 2.26 bits per heavy atom. The second kappa shape index (κ2) is 5.83. The molecule has 0 radical (unpaired) electrons. The van der Waals surface area contributed by atoms with Crippen LogP contribution in [0.1, 0.15) is 16.9 Å². The summed E-state index contributed by atoms with van der Waals surface area (Å²) < 4.78 is 1.78. The van der Waals surface area contributed by atoms with Gasteiger partial charge >= 0.3 is 0 Å². The molecule has 1 aliphatic rings. The molecule has 2 amide bonds. The van der Waals surface area contributed by atoms with Crippen LogP contribution >= 0.6 is 0 Å². The van der Waals surface area contributed by atoms with E-state index in [1.807, 2.05) is 0 Å². The zero-order valence-electron chi connectivity index (χ0n) is 11.1. The van der Waals surface area contributed by atoms with Crippen LogP contribution in [0.4, 0.5) is 0 Å². The Labute approximate surface area is 112 Å². The number of aromatic nitrogens is 2. The van der Waals surface area contributed by atoms with E-state index in [4.69, 9.17) is 5.73 Å². The normalized spacial score (nSPS) is 16.6. The summed E-state index contributed by atoms with van der Waals surface area (Å²) in [6.45, 7) is 2.51. The second-order valence-corrected chi connectivity index (χ2v) is 4.68. The summed E-state index contributed by atoms with van der Waals surface area (Å²) in [5.41, 5.74) is 5.82. The molecule has 0 spiro atoms. The van der Waals surface area contributed by atoms with Crippen molar-refractivity contribution in [1.82, 2.24) is 19.4 Å². The molecule has 7 nitrogen and oxygen atoms in total. The van der Waals surface area contributed by atoms with E-state index < -0.39 is 0 Å². The number of carbonyl (C=O) groups is 2. The number of hydrogen-bond acceptors (Lipinski definition) is 4. The van der Waals surface area contributed by atoms with Gasteiger partial charge in [0.25, 0.3) is 5.91 Å². The molecule has 0 bridgehead atoms. The number of carbonyl (C=O) groups excluding carboxylic acids is 2. The fraction of sp³-hybridized carbons (Fsp3) is 0.583. The number of nitrogens with two attached hydrogens (primary N) is 1. The highest BCUT2D eigenvalue weighted by atomic mass is 16.2. The van der Waals surface area contributed by atoms with Gasteiger partial charge in [-0.25, -0.2) is 4.98 Å². The first-order valence-corrected chi connectivity index (χ1v) is 6.37. The van der Waals surface area contributed by atoms with Gasteiger partial charge in [-0.2, -0.15) is 0 Å². The highest BCUT2D eigenvalue weighted by Gasteiger charge is 2.24. The standard InChI is InChI=1S/C12H19N5O2/c1-15-4-2-5-17(8-11(15)18)12(19)10-7-16(6-3-13)9-14-10/h7,9H,2-6,8,13H2,1H3. The van der Waals surface area contributed by atoms with Crippen molar-refractivity contribution in [3.8, 4) is 0 Å². The van der Waals surface area contributed by atoms with Gasteiger partial charge in [-0.05, 0) is 6.42 Å².